The quantitative estimate of drug-likeness (QED) is 0.155. The molecule has 4 rings (SSSR count). The Labute approximate surface area is 224 Å². The van der Waals surface area contributed by atoms with Crippen LogP contribution in [0.25, 0.3) is 6.08 Å². The Balaban J connectivity index is 1.61. The molecule has 0 saturated heterocycles. The molecule has 0 N–H and O–H groups in total. The van der Waals surface area contributed by atoms with Gasteiger partial charge in [0.15, 0.2) is 17.2 Å². The average Bonchev–Trinajstić information content (AvgIpc) is 3.14. The van der Waals surface area contributed by atoms with E-state index in [2.05, 4.69) is 50.2 Å². The maximum absolute atomic E-state index is 12.4. The van der Waals surface area contributed by atoms with Crippen molar-refractivity contribution >= 4 is 74.7 Å². The highest BCUT2D eigenvalue weighted by atomic mass is 127. The van der Waals surface area contributed by atoms with Gasteiger partial charge < -0.3 is 14.2 Å². The highest BCUT2D eigenvalue weighted by molar-refractivity contribution is 14.1. The average molecular weight is 686 g/mol. The molecule has 0 atom stereocenters. The van der Waals surface area contributed by atoms with Gasteiger partial charge in [-0.25, -0.2) is 9.79 Å². The zero-order valence-corrected chi connectivity index (χ0v) is 22.6. The van der Waals surface area contributed by atoms with Crippen molar-refractivity contribution in [1.29, 1.82) is 0 Å². The Morgan fingerprint density at radius 1 is 1.06 bits per heavy atom. The van der Waals surface area contributed by atoms with Crippen molar-refractivity contribution in [2.24, 2.45) is 4.99 Å². The maximum Gasteiger partial charge on any atom is 0.363 e. The molecule has 1 aliphatic rings. The normalized spacial score (nSPS) is 14.2. The second-order valence-electron chi connectivity index (χ2n) is 7.02. The van der Waals surface area contributed by atoms with Crippen LogP contribution in [0.5, 0.6) is 11.5 Å². The van der Waals surface area contributed by atoms with Crippen molar-refractivity contribution in [2.45, 2.75) is 13.5 Å². The van der Waals surface area contributed by atoms with E-state index in [1.54, 1.807) is 6.08 Å². The molecule has 0 fully saturated rings. The largest absolute Gasteiger partial charge is 0.490 e. The van der Waals surface area contributed by atoms with Crippen molar-refractivity contribution in [3.8, 4) is 11.5 Å². The van der Waals surface area contributed by atoms with Gasteiger partial charge in [0.25, 0.3) is 0 Å². The van der Waals surface area contributed by atoms with E-state index < -0.39 is 5.97 Å². The number of halogens is 3. The van der Waals surface area contributed by atoms with Gasteiger partial charge in [-0.15, -0.1) is 0 Å². The van der Waals surface area contributed by atoms with Gasteiger partial charge in [-0.2, -0.15) is 0 Å². The van der Waals surface area contributed by atoms with Crippen molar-refractivity contribution in [2.75, 3.05) is 6.61 Å². The summed E-state index contributed by atoms with van der Waals surface area (Å²) in [6.45, 7) is 2.73. The van der Waals surface area contributed by atoms with Crippen molar-refractivity contribution in [1.82, 2.24) is 0 Å². The number of carbonyl (C=O) groups is 1. The van der Waals surface area contributed by atoms with Gasteiger partial charge in [0.1, 0.15) is 6.61 Å². The van der Waals surface area contributed by atoms with Crippen LogP contribution in [0.3, 0.4) is 0 Å². The second kappa shape index (κ2) is 10.9. The molecule has 3 aromatic carbocycles. The molecule has 0 aromatic heterocycles. The maximum atomic E-state index is 12.4. The first kappa shape index (κ1) is 24.0. The molecule has 0 amide bonds. The highest BCUT2D eigenvalue weighted by Crippen LogP contribution is 2.36. The number of cyclic esters (lactones) is 1. The molecule has 1 aliphatic heterocycles. The molecule has 0 spiro atoms. The first-order valence-corrected chi connectivity index (χ1v) is 12.6. The van der Waals surface area contributed by atoms with E-state index in [-0.39, 0.29) is 5.70 Å². The highest BCUT2D eigenvalue weighted by Gasteiger charge is 2.24. The van der Waals surface area contributed by atoms with Crippen molar-refractivity contribution in [3.05, 3.63) is 95.2 Å². The summed E-state index contributed by atoms with van der Waals surface area (Å²) in [5.41, 5.74) is 2.70. The van der Waals surface area contributed by atoms with Gasteiger partial charge >= 0.3 is 5.97 Å². The van der Waals surface area contributed by atoms with Crippen LogP contribution < -0.4 is 9.47 Å². The minimum atomic E-state index is -0.488. The number of hydrogen-bond donors (Lipinski definition) is 0. The molecule has 8 heteroatoms. The molecule has 0 aliphatic carbocycles. The monoisotopic (exact) mass is 685 g/mol. The molecule has 168 valence electrons. The predicted octanol–water partition coefficient (Wildman–Crippen LogP) is 6.87. The Bertz CT molecular complexity index is 1260. The molecule has 1 heterocycles. The summed E-state index contributed by atoms with van der Waals surface area (Å²) in [7, 11) is 0. The van der Waals surface area contributed by atoms with Gasteiger partial charge in [0.2, 0.25) is 5.90 Å². The van der Waals surface area contributed by atoms with E-state index in [1.807, 2.05) is 67.6 Å². The fourth-order valence-electron chi connectivity index (χ4n) is 3.14. The zero-order valence-electron chi connectivity index (χ0n) is 17.5. The van der Waals surface area contributed by atoms with Gasteiger partial charge in [-0.05, 0) is 118 Å². The summed E-state index contributed by atoms with van der Waals surface area (Å²) in [5.74, 6) is 1.03. The first-order chi connectivity index (χ1) is 15.9. The van der Waals surface area contributed by atoms with Crippen LogP contribution in [-0.2, 0) is 16.1 Å². The van der Waals surface area contributed by atoms with Gasteiger partial charge in [0, 0.05) is 14.2 Å². The van der Waals surface area contributed by atoms with Crippen molar-refractivity contribution in [3.63, 3.8) is 0 Å². The van der Waals surface area contributed by atoms with Crippen LogP contribution in [0.2, 0.25) is 5.02 Å². The number of nitrogens with zero attached hydrogens (tertiary/aromatic N) is 1. The first-order valence-electron chi connectivity index (χ1n) is 10.0. The molecular formula is C25H18ClI2NO4. The van der Waals surface area contributed by atoms with E-state index in [4.69, 9.17) is 25.8 Å². The number of esters is 1. The topological polar surface area (TPSA) is 57.1 Å². The Hall–Kier alpha value is -2.11. The van der Waals surface area contributed by atoms with Crippen LogP contribution in [0.15, 0.2) is 71.4 Å². The van der Waals surface area contributed by atoms with Gasteiger partial charge in [-0.1, -0.05) is 23.7 Å². The minimum absolute atomic E-state index is 0.231. The number of carbonyl (C=O) groups excluding carboxylic acids is 1. The number of rotatable bonds is 7. The van der Waals surface area contributed by atoms with E-state index in [0.29, 0.717) is 35.6 Å². The van der Waals surface area contributed by atoms with Crippen LogP contribution in [0, 0.1) is 7.14 Å². The van der Waals surface area contributed by atoms with E-state index >= 15 is 0 Å². The van der Waals surface area contributed by atoms with Gasteiger partial charge in [0.05, 0.1) is 10.2 Å². The lowest BCUT2D eigenvalue weighted by Crippen LogP contribution is -2.05. The molecule has 3 aromatic rings. The third kappa shape index (κ3) is 6.07. The number of hydrogen-bond acceptors (Lipinski definition) is 5. The third-order valence-corrected chi connectivity index (χ3v) is 6.37. The zero-order chi connectivity index (χ0) is 23.4. The molecule has 33 heavy (non-hydrogen) atoms. The molecule has 0 radical (unpaired) electrons. The summed E-state index contributed by atoms with van der Waals surface area (Å²) in [6, 6.07) is 18.9. The molecular weight excluding hydrogens is 668 g/mol. The van der Waals surface area contributed by atoms with E-state index in [9.17, 15) is 4.79 Å². The van der Waals surface area contributed by atoms with Crippen LogP contribution >= 0.6 is 56.8 Å². The molecule has 5 nitrogen and oxygen atoms in total. The van der Waals surface area contributed by atoms with Crippen molar-refractivity contribution < 1.29 is 19.0 Å². The minimum Gasteiger partial charge on any atom is -0.490 e. The Kier molecular flexibility index (Phi) is 7.92. The second-order valence-corrected chi connectivity index (χ2v) is 9.87. The summed E-state index contributed by atoms with van der Waals surface area (Å²) >= 11 is 10.5. The summed E-state index contributed by atoms with van der Waals surface area (Å²) in [5, 5.41) is 0.659. The predicted molar refractivity (Wildman–Crippen MR) is 146 cm³/mol. The molecule has 0 bridgehead atoms. The third-order valence-electron chi connectivity index (χ3n) is 4.62. The summed E-state index contributed by atoms with van der Waals surface area (Å²) < 4.78 is 19.2. The number of aliphatic imine (C=N–C) groups is 1. The number of ether oxygens (including phenoxy) is 3. The standard InChI is InChI=1S/C25H18ClI2NO4/c1-2-31-22-13-16(11-20(28)23(22)32-14-15-4-3-5-18(26)10-15)12-21-25(30)33-24(29-21)17-6-8-19(27)9-7-17/h3-13H,2,14H2,1H3/b21-12-. The molecule has 0 unspecified atom stereocenters. The van der Waals surface area contributed by atoms with E-state index in [0.717, 1.165) is 23.8 Å². The lowest BCUT2D eigenvalue weighted by molar-refractivity contribution is -0.129. The van der Waals surface area contributed by atoms with Crippen LogP contribution in [-0.4, -0.2) is 18.5 Å². The SMILES string of the molecule is CCOc1cc(/C=C2\N=C(c3ccc(I)cc3)OC2=O)cc(I)c1OCc1cccc(Cl)c1. The fourth-order valence-corrected chi connectivity index (χ4v) is 4.49. The number of benzene rings is 3. The Morgan fingerprint density at radius 2 is 1.85 bits per heavy atom. The fraction of sp³-hybridized carbons (Fsp3) is 0.120. The smallest absolute Gasteiger partial charge is 0.363 e. The summed E-state index contributed by atoms with van der Waals surface area (Å²) in [4.78, 5) is 16.8. The molecule has 0 saturated carbocycles. The Morgan fingerprint density at radius 3 is 2.58 bits per heavy atom. The lowest BCUT2D eigenvalue weighted by atomic mass is 10.1. The van der Waals surface area contributed by atoms with Gasteiger partial charge in [-0.3, -0.25) is 0 Å². The van der Waals surface area contributed by atoms with Crippen LogP contribution in [0.4, 0.5) is 0 Å². The van der Waals surface area contributed by atoms with Crippen LogP contribution in [0.1, 0.15) is 23.6 Å². The lowest BCUT2D eigenvalue weighted by Gasteiger charge is -2.15. The summed E-state index contributed by atoms with van der Waals surface area (Å²) in [6.07, 6.45) is 1.69. The van der Waals surface area contributed by atoms with E-state index in [1.165, 1.54) is 0 Å².